The Kier molecular flexibility index (Phi) is 7.38. The highest BCUT2D eigenvalue weighted by Gasteiger charge is 2.23. The van der Waals surface area contributed by atoms with Crippen LogP contribution in [0.3, 0.4) is 0 Å². The van der Waals surface area contributed by atoms with Gasteiger partial charge in [-0.2, -0.15) is 0 Å². The lowest BCUT2D eigenvalue weighted by molar-refractivity contribution is -0.385. The van der Waals surface area contributed by atoms with Crippen LogP contribution in [-0.2, 0) is 9.53 Å². The third-order valence-electron chi connectivity index (χ3n) is 5.11. The Hall–Kier alpha value is -4.22. The number of esters is 1. The van der Waals surface area contributed by atoms with Crippen molar-refractivity contribution in [2.24, 2.45) is 0 Å². The second-order valence-corrected chi connectivity index (χ2v) is 7.27. The standard InChI is InChI=1S/C21H22N4O8/c1-32-19-12-15(25(30)31)5-7-17(19)22-20(26)13-33-21(27)16-11-14(24(28)29)6-8-18(16)23-9-3-2-4-10-23/h5-8,11-12H,2-4,9-10,13H2,1H3,(H,22,26). The molecule has 3 rings (SSSR count). The summed E-state index contributed by atoms with van der Waals surface area (Å²) in [5, 5.41) is 24.5. The van der Waals surface area contributed by atoms with Gasteiger partial charge in [-0.3, -0.25) is 25.0 Å². The molecule has 0 spiro atoms. The molecule has 1 amide bonds. The maximum Gasteiger partial charge on any atom is 0.341 e. The molecule has 2 aromatic carbocycles. The normalized spacial score (nSPS) is 13.2. The molecular formula is C21H22N4O8. The van der Waals surface area contributed by atoms with Crippen LogP contribution in [0.5, 0.6) is 5.75 Å². The van der Waals surface area contributed by atoms with Crippen molar-refractivity contribution in [3.05, 3.63) is 62.2 Å². The number of hydrogen-bond acceptors (Lipinski definition) is 9. The number of rotatable bonds is 8. The summed E-state index contributed by atoms with van der Waals surface area (Å²) in [5.41, 5.74) is 0.207. The number of nitrogens with one attached hydrogen (secondary N) is 1. The first kappa shape index (κ1) is 23.4. The van der Waals surface area contributed by atoms with E-state index in [0.717, 1.165) is 31.4 Å². The van der Waals surface area contributed by atoms with E-state index in [1.807, 2.05) is 4.90 Å². The Morgan fingerprint density at radius 3 is 2.27 bits per heavy atom. The van der Waals surface area contributed by atoms with E-state index in [2.05, 4.69) is 5.32 Å². The van der Waals surface area contributed by atoms with Crippen molar-refractivity contribution in [1.82, 2.24) is 0 Å². The van der Waals surface area contributed by atoms with Gasteiger partial charge in [0.05, 0.1) is 40.0 Å². The third kappa shape index (κ3) is 5.73. The number of ether oxygens (including phenoxy) is 2. The lowest BCUT2D eigenvalue weighted by Gasteiger charge is -2.30. The lowest BCUT2D eigenvalue weighted by atomic mass is 10.1. The first-order valence-corrected chi connectivity index (χ1v) is 10.1. The second kappa shape index (κ2) is 10.4. The molecule has 33 heavy (non-hydrogen) atoms. The number of amides is 1. The molecule has 1 N–H and O–H groups in total. The van der Waals surface area contributed by atoms with Crippen molar-refractivity contribution < 1.29 is 28.9 Å². The van der Waals surface area contributed by atoms with E-state index < -0.39 is 28.3 Å². The summed E-state index contributed by atoms with van der Waals surface area (Å²) in [5.74, 6) is -1.51. The lowest BCUT2D eigenvalue weighted by Crippen LogP contribution is -2.31. The van der Waals surface area contributed by atoms with Crippen LogP contribution in [0.1, 0.15) is 29.6 Å². The van der Waals surface area contributed by atoms with Crippen LogP contribution in [0.2, 0.25) is 0 Å². The van der Waals surface area contributed by atoms with Crippen LogP contribution in [-0.4, -0.2) is 48.5 Å². The number of non-ortho nitro benzene ring substituents is 2. The molecule has 2 aromatic rings. The zero-order valence-corrected chi connectivity index (χ0v) is 17.8. The Bertz CT molecular complexity index is 1080. The van der Waals surface area contributed by atoms with Crippen LogP contribution in [0, 0.1) is 20.2 Å². The largest absolute Gasteiger partial charge is 0.494 e. The molecule has 1 aliphatic rings. The van der Waals surface area contributed by atoms with E-state index in [1.165, 1.54) is 31.4 Å². The quantitative estimate of drug-likeness (QED) is 0.356. The average molecular weight is 458 g/mol. The Morgan fingerprint density at radius 1 is 1.00 bits per heavy atom. The number of benzene rings is 2. The molecule has 0 saturated carbocycles. The Morgan fingerprint density at radius 2 is 1.64 bits per heavy atom. The molecule has 0 atom stereocenters. The topological polar surface area (TPSA) is 154 Å². The van der Waals surface area contributed by atoms with Gasteiger partial charge in [0.25, 0.3) is 17.3 Å². The molecule has 12 heteroatoms. The third-order valence-corrected chi connectivity index (χ3v) is 5.11. The zero-order valence-electron chi connectivity index (χ0n) is 17.8. The summed E-state index contributed by atoms with van der Waals surface area (Å²) in [7, 11) is 1.29. The van der Waals surface area contributed by atoms with Crippen LogP contribution >= 0.6 is 0 Å². The molecule has 0 radical (unpaired) electrons. The van der Waals surface area contributed by atoms with Gasteiger partial charge in [0, 0.05) is 31.3 Å². The summed E-state index contributed by atoms with van der Waals surface area (Å²) >= 11 is 0. The minimum atomic E-state index is -0.870. The van der Waals surface area contributed by atoms with E-state index in [-0.39, 0.29) is 28.4 Å². The number of nitro benzene ring substituents is 2. The molecule has 1 saturated heterocycles. The van der Waals surface area contributed by atoms with Crippen molar-refractivity contribution in [2.45, 2.75) is 19.3 Å². The van der Waals surface area contributed by atoms with Crippen molar-refractivity contribution >= 4 is 34.6 Å². The number of methoxy groups -OCH3 is 1. The summed E-state index contributed by atoms with van der Waals surface area (Å²) < 4.78 is 10.2. The summed E-state index contributed by atoms with van der Waals surface area (Å²) in [6, 6.07) is 7.62. The van der Waals surface area contributed by atoms with Gasteiger partial charge in [-0.15, -0.1) is 0 Å². The fourth-order valence-electron chi connectivity index (χ4n) is 3.50. The monoisotopic (exact) mass is 458 g/mol. The number of nitro groups is 2. The van der Waals surface area contributed by atoms with Crippen LogP contribution in [0.15, 0.2) is 36.4 Å². The van der Waals surface area contributed by atoms with E-state index in [9.17, 15) is 29.8 Å². The van der Waals surface area contributed by atoms with Crippen molar-refractivity contribution in [1.29, 1.82) is 0 Å². The van der Waals surface area contributed by atoms with Crippen molar-refractivity contribution in [2.75, 3.05) is 37.0 Å². The minimum Gasteiger partial charge on any atom is -0.494 e. The molecule has 1 fully saturated rings. The van der Waals surface area contributed by atoms with Gasteiger partial charge in [0.2, 0.25) is 0 Å². The molecular weight excluding hydrogens is 436 g/mol. The SMILES string of the molecule is COc1cc([N+](=O)[O-])ccc1NC(=O)COC(=O)c1cc([N+](=O)[O-])ccc1N1CCCCC1. The van der Waals surface area contributed by atoms with Gasteiger partial charge in [-0.25, -0.2) is 4.79 Å². The maximum absolute atomic E-state index is 12.7. The molecule has 174 valence electrons. The zero-order chi connectivity index (χ0) is 24.0. The number of carbonyl (C=O) groups is 2. The molecule has 0 unspecified atom stereocenters. The fourth-order valence-corrected chi connectivity index (χ4v) is 3.50. The van der Waals surface area contributed by atoms with Gasteiger partial charge >= 0.3 is 5.97 Å². The second-order valence-electron chi connectivity index (χ2n) is 7.27. The fraction of sp³-hybridized carbons (Fsp3) is 0.333. The molecule has 12 nitrogen and oxygen atoms in total. The summed E-state index contributed by atoms with van der Waals surface area (Å²) in [6.45, 7) is 0.748. The van der Waals surface area contributed by atoms with Crippen LogP contribution < -0.4 is 15.0 Å². The smallest absolute Gasteiger partial charge is 0.341 e. The maximum atomic E-state index is 12.7. The highest BCUT2D eigenvalue weighted by molar-refractivity contribution is 5.99. The predicted molar refractivity (Wildman–Crippen MR) is 118 cm³/mol. The summed E-state index contributed by atoms with van der Waals surface area (Å²) in [6.07, 6.45) is 2.94. The first-order chi connectivity index (χ1) is 15.8. The van der Waals surface area contributed by atoms with Gasteiger partial charge < -0.3 is 19.7 Å². The van der Waals surface area contributed by atoms with Gasteiger partial charge in [-0.05, 0) is 31.4 Å². The van der Waals surface area contributed by atoms with Crippen LogP contribution in [0.4, 0.5) is 22.7 Å². The van der Waals surface area contributed by atoms with E-state index in [0.29, 0.717) is 18.8 Å². The molecule has 1 heterocycles. The predicted octanol–water partition coefficient (Wildman–Crippen LogP) is 3.30. The summed E-state index contributed by atoms with van der Waals surface area (Å²) in [4.78, 5) is 47.8. The Labute approximate surface area is 188 Å². The molecule has 0 aliphatic carbocycles. The molecule has 0 bridgehead atoms. The van der Waals surface area contributed by atoms with Crippen molar-refractivity contribution in [3.63, 3.8) is 0 Å². The highest BCUT2D eigenvalue weighted by atomic mass is 16.6. The first-order valence-electron chi connectivity index (χ1n) is 10.1. The van der Waals surface area contributed by atoms with Gasteiger partial charge in [0.15, 0.2) is 6.61 Å². The average Bonchev–Trinajstić information content (AvgIpc) is 2.82. The molecule has 0 aromatic heterocycles. The van der Waals surface area contributed by atoms with Crippen molar-refractivity contribution in [3.8, 4) is 5.75 Å². The number of hydrogen-bond donors (Lipinski definition) is 1. The van der Waals surface area contributed by atoms with Gasteiger partial charge in [-0.1, -0.05) is 0 Å². The van der Waals surface area contributed by atoms with E-state index >= 15 is 0 Å². The van der Waals surface area contributed by atoms with E-state index in [4.69, 9.17) is 9.47 Å². The highest BCUT2D eigenvalue weighted by Crippen LogP contribution is 2.30. The van der Waals surface area contributed by atoms with E-state index in [1.54, 1.807) is 0 Å². The number of nitrogens with zero attached hydrogens (tertiary/aromatic N) is 3. The minimum absolute atomic E-state index is 0.00631. The number of anilines is 2. The van der Waals surface area contributed by atoms with Gasteiger partial charge in [0.1, 0.15) is 5.75 Å². The number of piperidine rings is 1. The molecule has 1 aliphatic heterocycles. The number of carbonyl (C=O) groups excluding carboxylic acids is 2. The Balaban J connectivity index is 1.72. The van der Waals surface area contributed by atoms with Crippen LogP contribution in [0.25, 0.3) is 0 Å².